The standard InChI is InChI=1S/C10H23BNOPS2/c1-8-6-10(7-9(2)12-8)13-4-5-14-11(3)16-15/h8-10,12,14-15H,4-7H2,1-3H3. The summed E-state index contributed by atoms with van der Waals surface area (Å²) < 4.78 is 5.95. The zero-order chi connectivity index (χ0) is 12.0. The van der Waals surface area contributed by atoms with E-state index in [9.17, 15) is 0 Å². The highest BCUT2D eigenvalue weighted by molar-refractivity contribution is 8.83. The van der Waals surface area contributed by atoms with Crippen molar-refractivity contribution >= 4 is 36.5 Å². The molecule has 0 aliphatic carbocycles. The Morgan fingerprint density at radius 1 is 1.44 bits per heavy atom. The Labute approximate surface area is 111 Å². The molecule has 6 heteroatoms. The molecule has 1 aliphatic heterocycles. The van der Waals surface area contributed by atoms with Crippen LogP contribution in [0.15, 0.2) is 0 Å². The fourth-order valence-corrected chi connectivity index (χ4v) is 4.13. The number of ether oxygens (including phenoxy) is 1. The molecule has 16 heavy (non-hydrogen) atoms. The predicted octanol–water partition coefficient (Wildman–Crippen LogP) is 2.91. The molecule has 0 spiro atoms. The van der Waals surface area contributed by atoms with E-state index in [0.717, 1.165) is 27.9 Å². The van der Waals surface area contributed by atoms with Gasteiger partial charge in [0.25, 0.3) is 0 Å². The van der Waals surface area contributed by atoms with Crippen molar-refractivity contribution < 1.29 is 4.74 Å². The molecule has 1 heterocycles. The quantitative estimate of drug-likeness (QED) is 0.257. The van der Waals surface area contributed by atoms with Crippen LogP contribution in [0, 0.1) is 0 Å². The Bertz CT molecular complexity index is 192. The lowest BCUT2D eigenvalue weighted by molar-refractivity contribution is 0.0226. The van der Waals surface area contributed by atoms with Crippen molar-refractivity contribution in [3.63, 3.8) is 0 Å². The normalized spacial score (nSPS) is 31.1. The van der Waals surface area contributed by atoms with Crippen LogP contribution in [-0.4, -0.2) is 36.7 Å². The smallest absolute Gasteiger partial charge is 0.245 e. The van der Waals surface area contributed by atoms with Crippen molar-refractivity contribution in [2.45, 2.75) is 51.7 Å². The van der Waals surface area contributed by atoms with Crippen LogP contribution in [0.25, 0.3) is 0 Å². The molecule has 0 amide bonds. The SMILES string of the molecule is CB(PCCOC1CC(C)NC(C)C1)SS. The van der Waals surface area contributed by atoms with Crippen molar-refractivity contribution in [3.05, 3.63) is 0 Å². The summed E-state index contributed by atoms with van der Waals surface area (Å²) in [5.74, 6) is 0. The predicted molar refractivity (Wildman–Crippen MR) is 82.4 cm³/mol. The van der Waals surface area contributed by atoms with E-state index in [1.165, 1.54) is 6.16 Å². The minimum atomic E-state index is 0.468. The lowest BCUT2D eigenvalue weighted by atomic mass is 9.98. The minimum Gasteiger partial charge on any atom is -0.378 e. The van der Waals surface area contributed by atoms with Crippen LogP contribution in [0.1, 0.15) is 26.7 Å². The second-order valence-electron chi connectivity index (χ2n) is 4.63. The molecule has 1 fully saturated rings. The number of piperidine rings is 1. The first-order valence-electron chi connectivity index (χ1n) is 6.03. The first-order valence-corrected chi connectivity index (χ1v) is 9.24. The van der Waals surface area contributed by atoms with Gasteiger partial charge in [0.05, 0.1) is 6.10 Å². The Hall–Kier alpha value is 1.11. The molecule has 2 nitrogen and oxygen atoms in total. The molecule has 3 atom stereocenters. The summed E-state index contributed by atoms with van der Waals surface area (Å²) in [5, 5.41) is 3.54. The van der Waals surface area contributed by atoms with E-state index in [1.54, 1.807) is 10.6 Å². The van der Waals surface area contributed by atoms with E-state index in [-0.39, 0.29) is 0 Å². The maximum atomic E-state index is 5.95. The van der Waals surface area contributed by atoms with Gasteiger partial charge in [0.15, 0.2) is 0 Å². The molecule has 0 aromatic heterocycles. The number of nitrogens with one attached hydrogen (secondary N) is 1. The van der Waals surface area contributed by atoms with Crippen molar-refractivity contribution in [3.8, 4) is 0 Å². The molecular formula is C10H23BNOPS2. The van der Waals surface area contributed by atoms with E-state index in [2.05, 4.69) is 37.6 Å². The number of hydrogen-bond donors (Lipinski definition) is 2. The Morgan fingerprint density at radius 2 is 2.06 bits per heavy atom. The van der Waals surface area contributed by atoms with Gasteiger partial charge in [-0.05, 0) is 32.9 Å². The third-order valence-electron chi connectivity index (χ3n) is 2.85. The highest BCUT2D eigenvalue weighted by atomic mass is 33.1. The van der Waals surface area contributed by atoms with Crippen molar-refractivity contribution in [1.29, 1.82) is 0 Å². The van der Waals surface area contributed by atoms with Gasteiger partial charge in [-0.15, -0.1) is 30.8 Å². The number of rotatable bonds is 6. The zero-order valence-corrected chi connectivity index (χ0v) is 13.1. The van der Waals surface area contributed by atoms with Gasteiger partial charge in [-0.1, -0.05) is 6.82 Å². The molecule has 0 aromatic carbocycles. The lowest BCUT2D eigenvalue weighted by Gasteiger charge is -2.32. The van der Waals surface area contributed by atoms with Crippen LogP contribution in [0.4, 0.5) is 0 Å². The van der Waals surface area contributed by atoms with Crippen molar-refractivity contribution in [2.24, 2.45) is 0 Å². The highest BCUT2D eigenvalue weighted by Gasteiger charge is 2.23. The van der Waals surface area contributed by atoms with E-state index in [0.29, 0.717) is 23.9 Å². The Morgan fingerprint density at radius 3 is 2.62 bits per heavy atom. The molecular weight excluding hydrogens is 256 g/mol. The lowest BCUT2D eigenvalue weighted by Crippen LogP contribution is -2.45. The third-order valence-corrected chi connectivity index (χ3v) is 6.63. The van der Waals surface area contributed by atoms with Gasteiger partial charge >= 0.3 is 0 Å². The van der Waals surface area contributed by atoms with E-state index >= 15 is 0 Å². The average Bonchev–Trinajstić information content (AvgIpc) is 2.22. The van der Waals surface area contributed by atoms with Crippen molar-refractivity contribution in [1.82, 2.24) is 5.32 Å². The maximum absolute atomic E-state index is 5.95. The summed E-state index contributed by atoms with van der Waals surface area (Å²) in [7, 11) is 2.61. The van der Waals surface area contributed by atoms with Gasteiger partial charge in [-0.2, -0.15) is 0 Å². The molecule has 1 rings (SSSR count). The highest BCUT2D eigenvalue weighted by Crippen LogP contribution is 2.27. The number of hydrogen-bond acceptors (Lipinski definition) is 4. The fourth-order valence-electron chi connectivity index (χ4n) is 2.17. The molecule has 0 saturated carbocycles. The van der Waals surface area contributed by atoms with Gasteiger partial charge in [0.2, 0.25) is 5.71 Å². The van der Waals surface area contributed by atoms with E-state index in [4.69, 9.17) is 4.74 Å². The summed E-state index contributed by atoms with van der Waals surface area (Å²) in [6.45, 7) is 7.63. The molecule has 1 N–H and O–H groups in total. The van der Waals surface area contributed by atoms with Gasteiger partial charge in [0.1, 0.15) is 0 Å². The third kappa shape index (κ3) is 6.16. The fraction of sp³-hybridized carbons (Fsp3) is 1.00. The Balaban J connectivity index is 2.08. The topological polar surface area (TPSA) is 21.3 Å². The largest absolute Gasteiger partial charge is 0.378 e. The van der Waals surface area contributed by atoms with Gasteiger partial charge in [0, 0.05) is 18.7 Å². The van der Waals surface area contributed by atoms with Gasteiger partial charge in [-0.3, -0.25) is 0 Å². The van der Waals surface area contributed by atoms with E-state index in [1.807, 2.05) is 0 Å². The molecule has 94 valence electrons. The summed E-state index contributed by atoms with van der Waals surface area (Å²) in [5.41, 5.74) is 0.665. The van der Waals surface area contributed by atoms with Crippen LogP contribution in [0.2, 0.25) is 6.82 Å². The molecule has 1 saturated heterocycles. The van der Waals surface area contributed by atoms with Crippen molar-refractivity contribution in [2.75, 3.05) is 12.8 Å². The second-order valence-corrected chi connectivity index (χ2v) is 8.38. The molecule has 3 unspecified atom stereocenters. The summed E-state index contributed by atoms with van der Waals surface area (Å²) in [6, 6.07) is 1.20. The minimum absolute atomic E-state index is 0.468. The first-order chi connectivity index (χ1) is 7.61. The van der Waals surface area contributed by atoms with Crippen LogP contribution < -0.4 is 5.32 Å². The molecule has 0 radical (unpaired) electrons. The first kappa shape index (κ1) is 15.2. The van der Waals surface area contributed by atoms with Crippen LogP contribution in [-0.2, 0) is 4.74 Å². The maximum Gasteiger partial charge on any atom is 0.245 e. The zero-order valence-electron chi connectivity index (χ0n) is 10.4. The summed E-state index contributed by atoms with van der Waals surface area (Å²) in [4.78, 5) is 0. The molecule has 0 bridgehead atoms. The molecule has 1 aliphatic rings. The van der Waals surface area contributed by atoms with Crippen LogP contribution in [0.3, 0.4) is 0 Å². The summed E-state index contributed by atoms with van der Waals surface area (Å²) >= 11 is 4.22. The second kappa shape index (κ2) is 8.26. The Kier molecular flexibility index (Phi) is 7.83. The monoisotopic (exact) mass is 279 g/mol. The van der Waals surface area contributed by atoms with Crippen LogP contribution in [0.5, 0.6) is 0 Å². The van der Waals surface area contributed by atoms with E-state index < -0.39 is 0 Å². The van der Waals surface area contributed by atoms with Gasteiger partial charge < -0.3 is 10.1 Å². The average molecular weight is 279 g/mol. The van der Waals surface area contributed by atoms with Crippen LogP contribution >= 0.6 is 30.8 Å². The summed E-state index contributed by atoms with van der Waals surface area (Å²) in [6.07, 6.45) is 3.96. The van der Waals surface area contributed by atoms with Gasteiger partial charge in [-0.25, -0.2) is 0 Å². The molecule has 0 aromatic rings. The number of thiol groups is 1.